The number of imidazole rings is 1. The first-order valence-electron chi connectivity index (χ1n) is 7.35. The molecule has 0 aliphatic carbocycles. The van der Waals surface area contributed by atoms with Crippen molar-refractivity contribution in [1.82, 2.24) is 9.97 Å². The quantitative estimate of drug-likeness (QED) is 0.753. The molecule has 3 aromatic rings. The van der Waals surface area contributed by atoms with Gasteiger partial charge in [0.15, 0.2) is 0 Å². The number of amides is 1. The monoisotopic (exact) mass is 349 g/mol. The molecule has 1 heterocycles. The number of aromatic nitrogens is 2. The third kappa shape index (κ3) is 3.90. The van der Waals surface area contributed by atoms with Gasteiger partial charge in [-0.2, -0.15) is 13.2 Å². The lowest BCUT2D eigenvalue weighted by molar-refractivity contribution is -0.144. The number of H-pyrrole nitrogens is 1. The number of aromatic amines is 1. The van der Waals surface area contributed by atoms with Gasteiger partial charge < -0.3 is 15.0 Å². The second-order valence-electron chi connectivity index (χ2n) is 5.39. The summed E-state index contributed by atoms with van der Waals surface area (Å²) < 4.78 is 43.0. The number of anilines is 1. The van der Waals surface area contributed by atoms with Crippen LogP contribution in [0.1, 0.15) is 11.4 Å². The Labute approximate surface area is 140 Å². The van der Waals surface area contributed by atoms with E-state index >= 15 is 0 Å². The zero-order valence-electron chi connectivity index (χ0n) is 13.1. The maximum absolute atomic E-state index is 12.7. The maximum Gasteiger partial charge on any atom is 0.449 e. The number of carbonyl (C=O) groups is 1. The van der Waals surface area contributed by atoms with E-state index in [0.29, 0.717) is 11.4 Å². The minimum Gasteiger partial charge on any atom is -0.497 e. The van der Waals surface area contributed by atoms with Crippen LogP contribution in [0.5, 0.6) is 5.75 Å². The van der Waals surface area contributed by atoms with Crippen molar-refractivity contribution in [3.05, 3.63) is 53.9 Å². The molecular formula is C17H14F3N3O2. The first kappa shape index (κ1) is 16.8. The van der Waals surface area contributed by atoms with Crippen LogP contribution in [0.3, 0.4) is 0 Å². The van der Waals surface area contributed by atoms with Crippen LogP contribution in [0.15, 0.2) is 42.5 Å². The molecule has 2 aromatic carbocycles. The summed E-state index contributed by atoms with van der Waals surface area (Å²) in [5.74, 6) is -0.654. The van der Waals surface area contributed by atoms with E-state index in [1.54, 1.807) is 31.4 Å². The molecular weight excluding hydrogens is 335 g/mol. The standard InChI is InChI=1S/C17H14F3N3O2/c1-25-12-5-2-10(3-6-12)8-15(24)21-11-4-7-13-14(9-11)23-16(22-13)17(18,19)20/h2-7,9H,8H2,1H3,(H,21,24)(H,22,23). The Hall–Kier alpha value is -3.03. The highest BCUT2D eigenvalue weighted by Gasteiger charge is 2.34. The number of rotatable bonds is 4. The Morgan fingerprint density at radius 3 is 2.56 bits per heavy atom. The number of benzene rings is 2. The molecule has 0 spiro atoms. The highest BCUT2D eigenvalue weighted by molar-refractivity contribution is 5.94. The lowest BCUT2D eigenvalue weighted by Gasteiger charge is -2.06. The van der Waals surface area contributed by atoms with Crippen LogP contribution in [-0.4, -0.2) is 23.0 Å². The van der Waals surface area contributed by atoms with Crippen molar-refractivity contribution in [1.29, 1.82) is 0 Å². The van der Waals surface area contributed by atoms with E-state index in [1.165, 1.54) is 18.2 Å². The zero-order valence-corrected chi connectivity index (χ0v) is 13.1. The van der Waals surface area contributed by atoms with Gasteiger partial charge in [-0.15, -0.1) is 0 Å². The molecule has 130 valence electrons. The van der Waals surface area contributed by atoms with Gasteiger partial charge in [0.2, 0.25) is 11.7 Å². The van der Waals surface area contributed by atoms with Crippen LogP contribution in [-0.2, 0) is 17.4 Å². The van der Waals surface area contributed by atoms with Crippen molar-refractivity contribution in [3.8, 4) is 5.75 Å². The number of nitrogens with one attached hydrogen (secondary N) is 2. The summed E-state index contributed by atoms with van der Waals surface area (Å²) in [7, 11) is 1.55. The van der Waals surface area contributed by atoms with Gasteiger partial charge in [-0.05, 0) is 35.9 Å². The molecule has 5 nitrogen and oxygen atoms in total. The average molecular weight is 349 g/mol. The highest BCUT2D eigenvalue weighted by Crippen LogP contribution is 2.29. The van der Waals surface area contributed by atoms with E-state index in [1.807, 2.05) is 0 Å². The van der Waals surface area contributed by atoms with Crippen LogP contribution >= 0.6 is 0 Å². The molecule has 0 bridgehead atoms. The molecule has 0 saturated heterocycles. The number of ether oxygens (including phenoxy) is 1. The molecule has 0 aliphatic heterocycles. The summed E-state index contributed by atoms with van der Waals surface area (Å²) in [4.78, 5) is 17.8. The lowest BCUT2D eigenvalue weighted by atomic mass is 10.1. The minimum absolute atomic E-state index is 0.138. The third-order valence-electron chi connectivity index (χ3n) is 3.56. The first-order valence-corrected chi connectivity index (χ1v) is 7.35. The second kappa shape index (κ2) is 6.46. The number of hydrogen-bond donors (Lipinski definition) is 2. The van der Waals surface area contributed by atoms with Crippen molar-refractivity contribution >= 4 is 22.6 Å². The van der Waals surface area contributed by atoms with Crippen LogP contribution in [0.25, 0.3) is 11.0 Å². The third-order valence-corrected chi connectivity index (χ3v) is 3.56. The summed E-state index contributed by atoms with van der Waals surface area (Å²) in [5, 5.41) is 2.66. The largest absolute Gasteiger partial charge is 0.497 e. The topological polar surface area (TPSA) is 67.0 Å². The van der Waals surface area contributed by atoms with Crippen molar-refractivity contribution in [3.63, 3.8) is 0 Å². The first-order chi connectivity index (χ1) is 11.8. The number of nitrogens with zero attached hydrogens (tertiary/aromatic N) is 1. The van der Waals surface area contributed by atoms with Gasteiger partial charge in [0, 0.05) is 5.69 Å². The number of alkyl halides is 3. The summed E-state index contributed by atoms with van der Waals surface area (Å²) in [6.45, 7) is 0. The molecule has 0 radical (unpaired) electrons. The van der Waals surface area contributed by atoms with E-state index in [2.05, 4.69) is 15.3 Å². The Morgan fingerprint density at radius 1 is 1.20 bits per heavy atom. The molecule has 8 heteroatoms. The Morgan fingerprint density at radius 2 is 1.92 bits per heavy atom. The molecule has 0 unspecified atom stereocenters. The predicted molar refractivity (Wildman–Crippen MR) is 86.4 cm³/mol. The lowest BCUT2D eigenvalue weighted by Crippen LogP contribution is -2.14. The average Bonchev–Trinajstić information content (AvgIpc) is 2.99. The SMILES string of the molecule is COc1ccc(CC(=O)Nc2ccc3nc(C(F)(F)F)[nH]c3c2)cc1. The van der Waals surface area contributed by atoms with Gasteiger partial charge in [-0.25, -0.2) is 4.98 Å². The second-order valence-corrected chi connectivity index (χ2v) is 5.39. The zero-order chi connectivity index (χ0) is 18.0. The van der Waals surface area contributed by atoms with E-state index in [0.717, 1.165) is 5.56 Å². The van der Waals surface area contributed by atoms with Crippen LogP contribution in [0.2, 0.25) is 0 Å². The van der Waals surface area contributed by atoms with Crippen molar-refractivity contribution in [2.24, 2.45) is 0 Å². The fraction of sp³-hybridized carbons (Fsp3) is 0.176. The van der Waals surface area contributed by atoms with Crippen LogP contribution in [0.4, 0.5) is 18.9 Å². The van der Waals surface area contributed by atoms with Gasteiger partial charge >= 0.3 is 6.18 Å². The smallest absolute Gasteiger partial charge is 0.449 e. The highest BCUT2D eigenvalue weighted by atomic mass is 19.4. The molecule has 0 saturated carbocycles. The number of carbonyl (C=O) groups excluding carboxylic acids is 1. The molecule has 25 heavy (non-hydrogen) atoms. The summed E-state index contributed by atoms with van der Waals surface area (Å²) >= 11 is 0. The molecule has 1 amide bonds. The number of hydrogen-bond acceptors (Lipinski definition) is 3. The molecule has 0 atom stereocenters. The maximum atomic E-state index is 12.7. The summed E-state index contributed by atoms with van der Waals surface area (Å²) in [5.41, 5.74) is 1.57. The van der Waals surface area contributed by atoms with Crippen LogP contribution < -0.4 is 10.1 Å². The minimum atomic E-state index is -4.54. The Bertz CT molecular complexity index is 902. The summed E-state index contributed by atoms with van der Waals surface area (Å²) in [6, 6.07) is 11.4. The fourth-order valence-corrected chi connectivity index (χ4v) is 2.36. The fourth-order valence-electron chi connectivity index (χ4n) is 2.36. The molecule has 0 aliphatic rings. The van der Waals surface area contributed by atoms with Crippen molar-refractivity contribution in [2.45, 2.75) is 12.6 Å². The summed E-state index contributed by atoms with van der Waals surface area (Å²) in [6.07, 6.45) is -4.41. The normalized spacial score (nSPS) is 11.5. The Balaban J connectivity index is 1.72. The van der Waals surface area contributed by atoms with Crippen molar-refractivity contribution < 1.29 is 22.7 Å². The van der Waals surface area contributed by atoms with E-state index in [-0.39, 0.29) is 23.4 Å². The van der Waals surface area contributed by atoms with E-state index < -0.39 is 12.0 Å². The number of methoxy groups -OCH3 is 1. The number of halogens is 3. The number of fused-ring (bicyclic) bond motifs is 1. The van der Waals surface area contributed by atoms with Gasteiger partial charge in [-0.3, -0.25) is 4.79 Å². The molecule has 1 aromatic heterocycles. The molecule has 3 rings (SSSR count). The predicted octanol–water partition coefficient (Wildman–Crippen LogP) is 3.77. The van der Waals surface area contributed by atoms with Gasteiger partial charge in [0.05, 0.1) is 24.6 Å². The molecule has 0 fully saturated rings. The van der Waals surface area contributed by atoms with E-state index in [9.17, 15) is 18.0 Å². The van der Waals surface area contributed by atoms with Crippen molar-refractivity contribution in [2.75, 3.05) is 12.4 Å². The van der Waals surface area contributed by atoms with E-state index in [4.69, 9.17) is 4.74 Å². The Kier molecular flexibility index (Phi) is 4.35. The van der Waals surface area contributed by atoms with Crippen LogP contribution in [0, 0.1) is 0 Å². The van der Waals surface area contributed by atoms with Gasteiger partial charge in [-0.1, -0.05) is 12.1 Å². The molecule has 2 N–H and O–H groups in total. The van der Waals surface area contributed by atoms with Gasteiger partial charge in [0.25, 0.3) is 0 Å². The van der Waals surface area contributed by atoms with Gasteiger partial charge in [0.1, 0.15) is 5.75 Å².